The monoisotopic (exact) mass is 272 g/mol. The van der Waals surface area contributed by atoms with Gasteiger partial charge in [0.2, 0.25) is 0 Å². The number of hydrogen-bond donors (Lipinski definition) is 1. The van der Waals surface area contributed by atoms with E-state index < -0.39 is 5.97 Å². The zero-order valence-electron chi connectivity index (χ0n) is 7.53. The maximum atomic E-state index is 10.7. The van der Waals surface area contributed by atoms with Crippen molar-refractivity contribution in [3.63, 3.8) is 0 Å². The molecule has 0 aliphatic carbocycles. The third-order valence-electron chi connectivity index (χ3n) is 1.60. The van der Waals surface area contributed by atoms with E-state index in [2.05, 4.69) is 15.9 Å². The van der Waals surface area contributed by atoms with Crippen molar-refractivity contribution >= 4 is 39.7 Å². The van der Waals surface area contributed by atoms with E-state index in [9.17, 15) is 4.79 Å². The first-order chi connectivity index (χ1) is 6.63. The molecule has 74 valence electrons. The molecule has 0 aliphatic heterocycles. The Kier molecular flexibility index (Phi) is 4.22. The van der Waals surface area contributed by atoms with Gasteiger partial charge in [0.05, 0.1) is 4.91 Å². The minimum absolute atomic E-state index is 0.340. The molecule has 0 spiro atoms. The summed E-state index contributed by atoms with van der Waals surface area (Å²) in [5.41, 5.74) is 0.889. The number of hydrogen-bond acceptors (Lipinski definition) is 2. The summed E-state index contributed by atoms with van der Waals surface area (Å²) in [6.07, 6.45) is 3.40. The highest BCUT2D eigenvalue weighted by Crippen LogP contribution is 2.18. The molecule has 0 amide bonds. The molecule has 1 N–H and O–H groups in total. The van der Waals surface area contributed by atoms with E-state index in [1.807, 2.05) is 24.3 Å². The molecule has 1 aromatic carbocycles. The maximum Gasteiger partial charge on any atom is 0.342 e. The number of thioether (sulfide) groups is 1. The molecule has 1 rings (SSSR count). The number of halogens is 1. The van der Waals surface area contributed by atoms with Crippen LogP contribution in [0.1, 0.15) is 5.56 Å². The first-order valence-corrected chi connectivity index (χ1v) is 5.90. The molecule has 0 unspecified atom stereocenters. The lowest BCUT2D eigenvalue weighted by Gasteiger charge is -1.98. The van der Waals surface area contributed by atoms with Crippen LogP contribution in [0, 0.1) is 0 Å². The minimum Gasteiger partial charge on any atom is -0.477 e. The van der Waals surface area contributed by atoms with E-state index in [0.717, 1.165) is 10.0 Å². The SMILES string of the molecule is CSC(=Cc1ccc(Br)cc1)C(=O)O. The summed E-state index contributed by atoms with van der Waals surface area (Å²) in [6, 6.07) is 7.49. The normalized spacial score (nSPS) is 11.4. The summed E-state index contributed by atoms with van der Waals surface area (Å²) in [7, 11) is 0. The number of carboxylic acids is 1. The summed E-state index contributed by atoms with van der Waals surface area (Å²) in [6.45, 7) is 0. The van der Waals surface area contributed by atoms with Gasteiger partial charge < -0.3 is 5.11 Å². The number of benzene rings is 1. The Morgan fingerprint density at radius 2 is 2.00 bits per heavy atom. The number of carbonyl (C=O) groups is 1. The summed E-state index contributed by atoms with van der Waals surface area (Å²) in [5, 5.41) is 8.79. The molecule has 0 aromatic heterocycles. The highest BCUT2D eigenvalue weighted by atomic mass is 79.9. The smallest absolute Gasteiger partial charge is 0.342 e. The van der Waals surface area contributed by atoms with Crippen LogP contribution in [0.15, 0.2) is 33.6 Å². The average molecular weight is 273 g/mol. The first kappa shape index (κ1) is 11.3. The Labute approximate surface area is 95.1 Å². The second-order valence-corrected chi connectivity index (χ2v) is 4.33. The predicted octanol–water partition coefficient (Wildman–Crippen LogP) is 3.24. The molecule has 0 atom stereocenters. The fourth-order valence-electron chi connectivity index (χ4n) is 0.918. The van der Waals surface area contributed by atoms with Crippen LogP contribution in [0.4, 0.5) is 0 Å². The second kappa shape index (κ2) is 5.22. The van der Waals surface area contributed by atoms with Gasteiger partial charge in [0, 0.05) is 4.47 Å². The van der Waals surface area contributed by atoms with E-state index >= 15 is 0 Å². The van der Waals surface area contributed by atoms with Gasteiger partial charge in [0.1, 0.15) is 0 Å². The number of rotatable bonds is 3. The van der Waals surface area contributed by atoms with Crippen molar-refractivity contribution < 1.29 is 9.90 Å². The van der Waals surface area contributed by atoms with Gasteiger partial charge in [-0.15, -0.1) is 11.8 Å². The highest BCUT2D eigenvalue weighted by molar-refractivity contribution is 9.10. The van der Waals surface area contributed by atoms with E-state index in [4.69, 9.17) is 5.11 Å². The van der Waals surface area contributed by atoms with Gasteiger partial charge in [0.25, 0.3) is 0 Å². The Morgan fingerprint density at radius 3 is 2.43 bits per heavy atom. The summed E-state index contributed by atoms with van der Waals surface area (Å²) in [5.74, 6) is -0.889. The fraction of sp³-hybridized carbons (Fsp3) is 0.100. The third-order valence-corrected chi connectivity index (χ3v) is 2.86. The maximum absolute atomic E-state index is 10.7. The van der Waals surface area contributed by atoms with Crippen LogP contribution >= 0.6 is 27.7 Å². The lowest BCUT2D eigenvalue weighted by molar-refractivity contribution is -0.131. The van der Waals surface area contributed by atoms with E-state index in [-0.39, 0.29) is 0 Å². The zero-order chi connectivity index (χ0) is 10.6. The molecule has 2 nitrogen and oxygen atoms in total. The molecule has 1 aromatic rings. The van der Waals surface area contributed by atoms with E-state index in [1.54, 1.807) is 12.3 Å². The summed E-state index contributed by atoms with van der Waals surface area (Å²) >= 11 is 4.54. The van der Waals surface area contributed by atoms with Gasteiger partial charge >= 0.3 is 5.97 Å². The van der Waals surface area contributed by atoms with Crippen molar-refractivity contribution in [3.8, 4) is 0 Å². The predicted molar refractivity (Wildman–Crippen MR) is 63.3 cm³/mol. The lowest BCUT2D eigenvalue weighted by atomic mass is 10.2. The molecule has 0 saturated heterocycles. The van der Waals surface area contributed by atoms with Crippen LogP contribution in [0.25, 0.3) is 6.08 Å². The van der Waals surface area contributed by atoms with Gasteiger partial charge in [-0.25, -0.2) is 4.79 Å². The molecule has 0 radical (unpaired) electrons. The van der Waals surface area contributed by atoms with Crippen molar-refractivity contribution in [2.75, 3.05) is 6.26 Å². The van der Waals surface area contributed by atoms with Gasteiger partial charge in [-0.05, 0) is 30.0 Å². The van der Waals surface area contributed by atoms with Gasteiger partial charge in [-0.3, -0.25) is 0 Å². The minimum atomic E-state index is -0.889. The van der Waals surface area contributed by atoms with Crippen molar-refractivity contribution in [1.29, 1.82) is 0 Å². The molecular formula is C10H9BrO2S. The first-order valence-electron chi connectivity index (χ1n) is 3.88. The number of aliphatic carboxylic acids is 1. The molecule has 0 bridgehead atoms. The van der Waals surface area contributed by atoms with Crippen LogP contribution in [0.5, 0.6) is 0 Å². The van der Waals surface area contributed by atoms with Crippen molar-refractivity contribution in [2.24, 2.45) is 0 Å². The Hall–Kier alpha value is -0.740. The van der Waals surface area contributed by atoms with Crippen molar-refractivity contribution in [2.45, 2.75) is 0 Å². The van der Waals surface area contributed by atoms with Crippen molar-refractivity contribution in [1.82, 2.24) is 0 Å². The fourth-order valence-corrected chi connectivity index (χ4v) is 1.61. The summed E-state index contributed by atoms with van der Waals surface area (Å²) in [4.78, 5) is 11.0. The average Bonchev–Trinajstić information content (AvgIpc) is 2.16. The second-order valence-electron chi connectivity index (χ2n) is 2.57. The molecule has 0 saturated carbocycles. The largest absolute Gasteiger partial charge is 0.477 e. The Balaban J connectivity index is 2.95. The molecule has 4 heteroatoms. The van der Waals surface area contributed by atoms with Crippen LogP contribution in [-0.2, 0) is 4.79 Å². The summed E-state index contributed by atoms with van der Waals surface area (Å²) < 4.78 is 0.982. The highest BCUT2D eigenvalue weighted by Gasteiger charge is 2.04. The van der Waals surface area contributed by atoms with Crippen LogP contribution in [-0.4, -0.2) is 17.3 Å². The standard InChI is InChI=1S/C10H9BrO2S/c1-14-9(10(12)13)6-7-2-4-8(11)5-3-7/h2-6H,1H3,(H,12,13). The van der Waals surface area contributed by atoms with Gasteiger partial charge in [-0.1, -0.05) is 28.1 Å². The molecule has 14 heavy (non-hydrogen) atoms. The lowest BCUT2D eigenvalue weighted by Crippen LogP contribution is -1.95. The van der Waals surface area contributed by atoms with Gasteiger partial charge in [-0.2, -0.15) is 0 Å². The molecule has 0 heterocycles. The van der Waals surface area contributed by atoms with Crippen molar-refractivity contribution in [3.05, 3.63) is 39.2 Å². The van der Waals surface area contributed by atoms with E-state index in [0.29, 0.717) is 4.91 Å². The zero-order valence-corrected chi connectivity index (χ0v) is 9.93. The third kappa shape index (κ3) is 3.20. The van der Waals surface area contributed by atoms with E-state index in [1.165, 1.54) is 11.8 Å². The van der Waals surface area contributed by atoms with Crippen LogP contribution in [0.3, 0.4) is 0 Å². The Morgan fingerprint density at radius 1 is 1.43 bits per heavy atom. The van der Waals surface area contributed by atoms with Crippen LogP contribution in [0.2, 0.25) is 0 Å². The molecule has 0 aliphatic rings. The quantitative estimate of drug-likeness (QED) is 0.859. The molecule has 0 fully saturated rings. The Bertz CT molecular complexity index is 357. The molecular weight excluding hydrogens is 264 g/mol. The van der Waals surface area contributed by atoms with Crippen LogP contribution < -0.4 is 0 Å². The van der Waals surface area contributed by atoms with Gasteiger partial charge in [0.15, 0.2) is 0 Å². The topological polar surface area (TPSA) is 37.3 Å². The number of carboxylic acid groups (broad SMARTS) is 1.